The molecule has 5 nitrogen and oxygen atoms in total. The number of hydrogen-bond acceptors (Lipinski definition) is 3. The van der Waals surface area contributed by atoms with E-state index in [1.54, 1.807) is 11.8 Å². The van der Waals surface area contributed by atoms with Crippen LogP contribution in [0.5, 0.6) is 0 Å². The Morgan fingerprint density at radius 3 is 2.67 bits per heavy atom. The number of nitrogens with zero attached hydrogens (tertiary/aromatic N) is 1. The van der Waals surface area contributed by atoms with Crippen molar-refractivity contribution >= 4 is 11.9 Å². The van der Waals surface area contributed by atoms with Crippen LogP contribution in [0.15, 0.2) is 0 Å². The topological polar surface area (TPSA) is 69.6 Å². The summed E-state index contributed by atoms with van der Waals surface area (Å²) in [5.41, 5.74) is 0. The third-order valence-corrected chi connectivity index (χ3v) is 3.64. The van der Waals surface area contributed by atoms with Gasteiger partial charge in [0.25, 0.3) is 0 Å². The zero-order chi connectivity index (χ0) is 13.7. The SMILES string of the molecule is CCN(CC(C)C(=O)O)C(=O)C1NCCCC1C. The lowest BCUT2D eigenvalue weighted by Gasteiger charge is -2.34. The first-order valence-corrected chi connectivity index (χ1v) is 6.72. The van der Waals surface area contributed by atoms with Gasteiger partial charge in [0.05, 0.1) is 12.0 Å². The highest BCUT2D eigenvalue weighted by Crippen LogP contribution is 2.18. The number of carbonyl (C=O) groups is 2. The molecular formula is C13H24N2O3. The molecule has 1 aliphatic heterocycles. The van der Waals surface area contributed by atoms with Gasteiger partial charge in [-0.1, -0.05) is 13.8 Å². The van der Waals surface area contributed by atoms with Crippen LogP contribution in [0.4, 0.5) is 0 Å². The smallest absolute Gasteiger partial charge is 0.308 e. The van der Waals surface area contributed by atoms with Gasteiger partial charge in [-0.25, -0.2) is 0 Å². The number of amides is 1. The molecule has 1 heterocycles. The van der Waals surface area contributed by atoms with E-state index in [-0.39, 0.29) is 18.5 Å². The van der Waals surface area contributed by atoms with Crippen LogP contribution in [0.1, 0.15) is 33.6 Å². The number of nitrogens with one attached hydrogen (secondary N) is 1. The predicted molar refractivity (Wildman–Crippen MR) is 69.2 cm³/mol. The zero-order valence-corrected chi connectivity index (χ0v) is 11.5. The summed E-state index contributed by atoms with van der Waals surface area (Å²) in [6.07, 6.45) is 2.15. The van der Waals surface area contributed by atoms with Gasteiger partial charge in [-0.15, -0.1) is 0 Å². The highest BCUT2D eigenvalue weighted by Gasteiger charge is 2.31. The van der Waals surface area contributed by atoms with E-state index in [0.717, 1.165) is 19.4 Å². The highest BCUT2D eigenvalue weighted by atomic mass is 16.4. The minimum atomic E-state index is -0.856. The molecule has 0 aromatic heterocycles. The van der Waals surface area contributed by atoms with Crippen molar-refractivity contribution < 1.29 is 14.7 Å². The van der Waals surface area contributed by atoms with Gasteiger partial charge in [-0.3, -0.25) is 9.59 Å². The largest absolute Gasteiger partial charge is 0.481 e. The van der Waals surface area contributed by atoms with Crippen LogP contribution < -0.4 is 5.32 Å². The van der Waals surface area contributed by atoms with Crippen LogP contribution in [-0.4, -0.2) is 47.6 Å². The molecule has 104 valence electrons. The normalized spacial score (nSPS) is 25.5. The quantitative estimate of drug-likeness (QED) is 0.768. The van der Waals surface area contributed by atoms with Crippen LogP contribution in [-0.2, 0) is 9.59 Å². The lowest BCUT2D eigenvalue weighted by Crippen LogP contribution is -2.53. The molecule has 3 unspecified atom stereocenters. The van der Waals surface area contributed by atoms with Crippen LogP contribution >= 0.6 is 0 Å². The van der Waals surface area contributed by atoms with Crippen molar-refractivity contribution in [3.05, 3.63) is 0 Å². The Hall–Kier alpha value is -1.10. The molecule has 0 radical (unpaired) electrons. The number of aliphatic carboxylic acids is 1. The fourth-order valence-electron chi connectivity index (χ4n) is 2.36. The summed E-state index contributed by atoms with van der Waals surface area (Å²) >= 11 is 0. The predicted octanol–water partition coefficient (Wildman–Crippen LogP) is 0.944. The molecule has 1 amide bonds. The number of carbonyl (C=O) groups excluding carboxylic acids is 1. The number of piperidine rings is 1. The summed E-state index contributed by atoms with van der Waals surface area (Å²) in [6.45, 7) is 7.31. The molecule has 0 saturated carbocycles. The van der Waals surface area contributed by atoms with Crippen molar-refractivity contribution in [1.29, 1.82) is 0 Å². The summed E-state index contributed by atoms with van der Waals surface area (Å²) in [5.74, 6) is -1.02. The van der Waals surface area contributed by atoms with Crippen molar-refractivity contribution in [3.63, 3.8) is 0 Å². The number of carboxylic acid groups (broad SMARTS) is 1. The molecule has 0 bridgehead atoms. The maximum Gasteiger partial charge on any atom is 0.308 e. The third kappa shape index (κ3) is 3.70. The molecule has 1 fully saturated rings. The summed E-state index contributed by atoms with van der Waals surface area (Å²) in [7, 11) is 0. The monoisotopic (exact) mass is 256 g/mol. The van der Waals surface area contributed by atoms with Crippen molar-refractivity contribution in [1.82, 2.24) is 10.2 Å². The molecule has 18 heavy (non-hydrogen) atoms. The Kier molecular flexibility index (Phi) is 5.59. The summed E-state index contributed by atoms with van der Waals surface area (Å²) in [6, 6.07) is -0.153. The van der Waals surface area contributed by atoms with Crippen LogP contribution in [0.3, 0.4) is 0 Å². The first kappa shape index (κ1) is 15.0. The molecule has 0 spiro atoms. The first-order valence-electron chi connectivity index (χ1n) is 6.72. The van der Waals surface area contributed by atoms with E-state index in [0.29, 0.717) is 12.5 Å². The molecule has 0 aromatic carbocycles. The minimum absolute atomic E-state index is 0.0396. The fourth-order valence-corrected chi connectivity index (χ4v) is 2.36. The van der Waals surface area contributed by atoms with E-state index in [1.807, 2.05) is 6.92 Å². The molecule has 0 aliphatic carbocycles. The summed E-state index contributed by atoms with van der Waals surface area (Å²) in [5, 5.41) is 12.2. The Labute approximate surface area is 109 Å². The lowest BCUT2D eigenvalue weighted by atomic mass is 9.91. The number of rotatable bonds is 5. The maximum atomic E-state index is 12.4. The highest BCUT2D eigenvalue weighted by molar-refractivity contribution is 5.83. The average molecular weight is 256 g/mol. The van der Waals surface area contributed by atoms with Gasteiger partial charge in [0, 0.05) is 13.1 Å². The number of carboxylic acids is 1. The second kappa shape index (κ2) is 6.73. The van der Waals surface area contributed by atoms with E-state index < -0.39 is 11.9 Å². The van der Waals surface area contributed by atoms with Crippen LogP contribution in [0.25, 0.3) is 0 Å². The molecule has 1 aliphatic rings. The molecule has 3 atom stereocenters. The van der Waals surface area contributed by atoms with Gasteiger partial charge in [-0.2, -0.15) is 0 Å². The van der Waals surface area contributed by atoms with Crippen LogP contribution in [0, 0.1) is 11.8 Å². The van der Waals surface area contributed by atoms with E-state index in [4.69, 9.17) is 5.11 Å². The molecular weight excluding hydrogens is 232 g/mol. The summed E-state index contributed by atoms with van der Waals surface area (Å²) < 4.78 is 0. The zero-order valence-electron chi connectivity index (χ0n) is 11.5. The summed E-state index contributed by atoms with van der Waals surface area (Å²) in [4.78, 5) is 24.9. The Morgan fingerprint density at radius 1 is 1.50 bits per heavy atom. The van der Waals surface area contributed by atoms with Gasteiger partial charge >= 0.3 is 5.97 Å². The van der Waals surface area contributed by atoms with Gasteiger partial charge in [0.15, 0.2) is 0 Å². The van der Waals surface area contributed by atoms with Crippen LogP contribution in [0.2, 0.25) is 0 Å². The third-order valence-electron chi connectivity index (χ3n) is 3.64. The average Bonchev–Trinajstić information content (AvgIpc) is 2.35. The Morgan fingerprint density at radius 2 is 2.17 bits per heavy atom. The van der Waals surface area contributed by atoms with Gasteiger partial charge in [0.1, 0.15) is 0 Å². The second-order valence-electron chi connectivity index (χ2n) is 5.17. The standard InChI is InChI=1S/C13H24N2O3/c1-4-15(8-10(3)13(17)18)12(16)11-9(2)6-5-7-14-11/h9-11,14H,4-8H2,1-3H3,(H,17,18). The minimum Gasteiger partial charge on any atom is -0.481 e. The molecule has 5 heteroatoms. The van der Waals surface area contributed by atoms with E-state index in [9.17, 15) is 9.59 Å². The van der Waals surface area contributed by atoms with Crippen molar-refractivity contribution in [2.75, 3.05) is 19.6 Å². The van der Waals surface area contributed by atoms with Gasteiger partial charge < -0.3 is 15.3 Å². The Balaban J connectivity index is 2.63. The lowest BCUT2D eigenvalue weighted by molar-refractivity contribution is -0.143. The molecule has 0 aromatic rings. The fraction of sp³-hybridized carbons (Fsp3) is 0.846. The van der Waals surface area contributed by atoms with E-state index in [2.05, 4.69) is 12.2 Å². The Bertz CT molecular complexity index is 307. The van der Waals surface area contributed by atoms with Crippen molar-refractivity contribution in [2.24, 2.45) is 11.8 Å². The van der Waals surface area contributed by atoms with E-state index >= 15 is 0 Å². The molecule has 1 saturated heterocycles. The number of hydrogen-bond donors (Lipinski definition) is 2. The molecule has 1 rings (SSSR count). The number of likely N-dealkylation sites (N-methyl/N-ethyl adjacent to an activating group) is 1. The van der Waals surface area contributed by atoms with Gasteiger partial charge in [-0.05, 0) is 32.2 Å². The van der Waals surface area contributed by atoms with Gasteiger partial charge in [0.2, 0.25) is 5.91 Å². The second-order valence-corrected chi connectivity index (χ2v) is 5.17. The first-order chi connectivity index (χ1) is 8.47. The van der Waals surface area contributed by atoms with Crippen molar-refractivity contribution in [2.45, 2.75) is 39.7 Å². The maximum absolute atomic E-state index is 12.4. The van der Waals surface area contributed by atoms with Crippen molar-refractivity contribution in [3.8, 4) is 0 Å². The molecule has 2 N–H and O–H groups in total. The van der Waals surface area contributed by atoms with E-state index in [1.165, 1.54) is 0 Å².